The van der Waals surface area contributed by atoms with Crippen LogP contribution in [0.15, 0.2) is 18.2 Å². The molecule has 18 heavy (non-hydrogen) atoms. The summed E-state index contributed by atoms with van der Waals surface area (Å²) in [6.07, 6.45) is 7.77. The highest BCUT2D eigenvalue weighted by molar-refractivity contribution is 5.38. The number of phenols is 1. The standard InChI is InChI=1S/C16H23NO/c1-11(9-12-5-6-12)17-16-4-2-3-13-7-8-14(18)10-15(13)16/h7-8,10-12,16-18H,2-6,9H2,1H3. The number of nitrogens with one attached hydrogen (secondary N) is 1. The fourth-order valence-corrected chi connectivity index (χ4v) is 3.22. The fraction of sp³-hybridized carbons (Fsp3) is 0.625. The first-order valence-electron chi connectivity index (χ1n) is 7.30. The Morgan fingerprint density at radius 2 is 2.17 bits per heavy atom. The number of benzene rings is 1. The molecule has 2 unspecified atom stereocenters. The molecule has 1 aromatic carbocycles. The summed E-state index contributed by atoms with van der Waals surface area (Å²) in [6, 6.07) is 6.89. The van der Waals surface area contributed by atoms with Gasteiger partial charge in [0.2, 0.25) is 0 Å². The highest BCUT2D eigenvalue weighted by atomic mass is 16.3. The van der Waals surface area contributed by atoms with Gasteiger partial charge in [0.15, 0.2) is 0 Å². The first-order valence-corrected chi connectivity index (χ1v) is 7.30. The molecule has 0 radical (unpaired) electrons. The van der Waals surface area contributed by atoms with Crippen molar-refractivity contribution in [3.8, 4) is 5.75 Å². The Morgan fingerprint density at radius 3 is 2.94 bits per heavy atom. The SMILES string of the molecule is CC(CC1CC1)NC1CCCc2ccc(O)cc21. The van der Waals surface area contributed by atoms with Crippen LogP contribution in [0.25, 0.3) is 0 Å². The molecule has 2 aliphatic carbocycles. The fourth-order valence-electron chi connectivity index (χ4n) is 3.22. The molecule has 0 bridgehead atoms. The molecule has 1 aromatic rings. The Morgan fingerprint density at radius 1 is 1.33 bits per heavy atom. The van der Waals surface area contributed by atoms with Crippen LogP contribution in [-0.4, -0.2) is 11.1 Å². The molecule has 0 amide bonds. The molecule has 2 N–H and O–H groups in total. The zero-order chi connectivity index (χ0) is 12.5. The zero-order valence-corrected chi connectivity index (χ0v) is 11.2. The van der Waals surface area contributed by atoms with Crippen molar-refractivity contribution in [1.82, 2.24) is 5.32 Å². The number of fused-ring (bicyclic) bond motifs is 1. The minimum Gasteiger partial charge on any atom is -0.508 e. The number of hydrogen-bond donors (Lipinski definition) is 2. The molecule has 98 valence electrons. The van der Waals surface area contributed by atoms with Crippen LogP contribution in [0.3, 0.4) is 0 Å². The lowest BCUT2D eigenvalue weighted by Gasteiger charge is -2.29. The monoisotopic (exact) mass is 245 g/mol. The number of rotatable bonds is 4. The van der Waals surface area contributed by atoms with Crippen LogP contribution in [0.5, 0.6) is 5.75 Å². The van der Waals surface area contributed by atoms with Gasteiger partial charge in [-0.2, -0.15) is 0 Å². The second-order valence-corrected chi connectivity index (χ2v) is 6.07. The third-order valence-corrected chi connectivity index (χ3v) is 4.31. The number of hydrogen-bond acceptors (Lipinski definition) is 2. The first kappa shape index (κ1) is 12.0. The van der Waals surface area contributed by atoms with E-state index in [1.54, 1.807) is 0 Å². The number of aromatic hydroxyl groups is 1. The van der Waals surface area contributed by atoms with Crippen molar-refractivity contribution < 1.29 is 5.11 Å². The third kappa shape index (κ3) is 2.69. The van der Waals surface area contributed by atoms with Crippen LogP contribution >= 0.6 is 0 Å². The van der Waals surface area contributed by atoms with Gasteiger partial charge in [-0.3, -0.25) is 0 Å². The van der Waals surface area contributed by atoms with E-state index in [4.69, 9.17) is 0 Å². The van der Waals surface area contributed by atoms with Crippen LogP contribution in [0.4, 0.5) is 0 Å². The molecule has 2 nitrogen and oxygen atoms in total. The van der Waals surface area contributed by atoms with Gasteiger partial charge in [-0.1, -0.05) is 18.9 Å². The molecule has 2 aliphatic rings. The molecule has 0 aromatic heterocycles. The first-order chi connectivity index (χ1) is 8.72. The predicted octanol–water partition coefficient (Wildman–Crippen LogP) is 3.55. The van der Waals surface area contributed by atoms with Gasteiger partial charge in [0.05, 0.1) is 0 Å². The Kier molecular flexibility index (Phi) is 3.29. The summed E-state index contributed by atoms with van der Waals surface area (Å²) in [7, 11) is 0. The molecule has 1 fully saturated rings. The van der Waals surface area contributed by atoms with Gasteiger partial charge in [0, 0.05) is 12.1 Å². The van der Waals surface area contributed by atoms with Crippen molar-refractivity contribution in [2.24, 2.45) is 5.92 Å². The van der Waals surface area contributed by atoms with E-state index in [1.807, 2.05) is 12.1 Å². The molecule has 1 saturated carbocycles. The molecule has 0 aliphatic heterocycles. The Hall–Kier alpha value is -1.02. The molecular weight excluding hydrogens is 222 g/mol. The maximum Gasteiger partial charge on any atom is 0.115 e. The lowest BCUT2D eigenvalue weighted by Crippen LogP contribution is -2.33. The smallest absolute Gasteiger partial charge is 0.115 e. The molecule has 0 heterocycles. The average molecular weight is 245 g/mol. The topological polar surface area (TPSA) is 32.3 Å². The van der Waals surface area contributed by atoms with E-state index < -0.39 is 0 Å². The summed E-state index contributed by atoms with van der Waals surface area (Å²) in [5.74, 6) is 1.37. The van der Waals surface area contributed by atoms with Gasteiger partial charge in [0.25, 0.3) is 0 Å². The summed E-state index contributed by atoms with van der Waals surface area (Å²) >= 11 is 0. The molecule has 2 atom stereocenters. The van der Waals surface area contributed by atoms with Crippen LogP contribution in [0.1, 0.15) is 56.2 Å². The van der Waals surface area contributed by atoms with E-state index in [-0.39, 0.29) is 0 Å². The van der Waals surface area contributed by atoms with E-state index in [0.717, 1.165) is 12.3 Å². The van der Waals surface area contributed by atoms with Crippen molar-refractivity contribution in [3.63, 3.8) is 0 Å². The van der Waals surface area contributed by atoms with E-state index >= 15 is 0 Å². The highest BCUT2D eigenvalue weighted by Crippen LogP contribution is 2.36. The van der Waals surface area contributed by atoms with E-state index in [1.165, 1.54) is 43.2 Å². The second-order valence-electron chi connectivity index (χ2n) is 6.07. The van der Waals surface area contributed by atoms with E-state index in [2.05, 4.69) is 18.3 Å². The lowest BCUT2D eigenvalue weighted by molar-refractivity contribution is 0.383. The summed E-state index contributed by atoms with van der Waals surface area (Å²) in [5.41, 5.74) is 2.74. The van der Waals surface area contributed by atoms with Gasteiger partial charge in [-0.25, -0.2) is 0 Å². The molecular formula is C16H23NO. The molecule has 0 spiro atoms. The molecule has 3 rings (SSSR count). The molecule has 0 saturated heterocycles. The van der Waals surface area contributed by atoms with Gasteiger partial charge >= 0.3 is 0 Å². The summed E-state index contributed by atoms with van der Waals surface area (Å²) < 4.78 is 0. The van der Waals surface area contributed by atoms with Crippen molar-refractivity contribution in [1.29, 1.82) is 0 Å². The van der Waals surface area contributed by atoms with Crippen molar-refractivity contribution in [2.75, 3.05) is 0 Å². The van der Waals surface area contributed by atoms with E-state index in [9.17, 15) is 5.11 Å². The van der Waals surface area contributed by atoms with Crippen LogP contribution < -0.4 is 5.32 Å². The van der Waals surface area contributed by atoms with Crippen LogP contribution in [0.2, 0.25) is 0 Å². The minimum absolute atomic E-state index is 0.400. The Balaban J connectivity index is 1.71. The quantitative estimate of drug-likeness (QED) is 0.850. The van der Waals surface area contributed by atoms with Gasteiger partial charge in [-0.05, 0) is 61.8 Å². The predicted molar refractivity (Wildman–Crippen MR) is 73.7 cm³/mol. The highest BCUT2D eigenvalue weighted by Gasteiger charge is 2.26. The normalized spacial score (nSPS) is 24.6. The van der Waals surface area contributed by atoms with Gasteiger partial charge < -0.3 is 10.4 Å². The lowest BCUT2D eigenvalue weighted by atomic mass is 9.87. The molecule has 2 heteroatoms. The van der Waals surface area contributed by atoms with Gasteiger partial charge in [-0.15, -0.1) is 0 Å². The second kappa shape index (κ2) is 4.93. The summed E-state index contributed by atoms with van der Waals surface area (Å²) in [4.78, 5) is 0. The maximum absolute atomic E-state index is 9.67. The Bertz CT molecular complexity index is 425. The summed E-state index contributed by atoms with van der Waals surface area (Å²) in [6.45, 7) is 2.30. The Labute approximate surface area is 109 Å². The van der Waals surface area contributed by atoms with Crippen molar-refractivity contribution in [2.45, 2.75) is 57.5 Å². The minimum atomic E-state index is 0.400. The average Bonchev–Trinajstić information content (AvgIpc) is 3.14. The van der Waals surface area contributed by atoms with Gasteiger partial charge in [0.1, 0.15) is 5.75 Å². The number of phenolic OH excluding ortho intramolecular Hbond substituents is 1. The third-order valence-electron chi connectivity index (χ3n) is 4.31. The van der Waals surface area contributed by atoms with Crippen LogP contribution in [-0.2, 0) is 6.42 Å². The van der Waals surface area contributed by atoms with E-state index in [0.29, 0.717) is 17.8 Å². The van der Waals surface area contributed by atoms with Crippen molar-refractivity contribution >= 4 is 0 Å². The maximum atomic E-state index is 9.67. The number of aryl methyl sites for hydroxylation is 1. The summed E-state index contributed by atoms with van der Waals surface area (Å²) in [5, 5.41) is 13.4. The van der Waals surface area contributed by atoms with Crippen LogP contribution in [0, 0.1) is 5.92 Å². The zero-order valence-electron chi connectivity index (χ0n) is 11.2. The largest absolute Gasteiger partial charge is 0.508 e. The van der Waals surface area contributed by atoms with Crippen molar-refractivity contribution in [3.05, 3.63) is 29.3 Å².